The van der Waals surface area contributed by atoms with Crippen molar-refractivity contribution in [2.45, 2.75) is 31.7 Å². The molecule has 0 saturated carbocycles. The minimum atomic E-state index is -3.78. The number of amides is 1. The summed E-state index contributed by atoms with van der Waals surface area (Å²) < 4.78 is 37.8. The van der Waals surface area contributed by atoms with Gasteiger partial charge in [0.05, 0.1) is 20.3 Å². The van der Waals surface area contributed by atoms with E-state index in [1.54, 1.807) is 17.0 Å². The molecule has 1 fully saturated rings. The summed E-state index contributed by atoms with van der Waals surface area (Å²) in [5.41, 5.74) is 5.70. The zero-order valence-electron chi connectivity index (χ0n) is 16.6. The predicted octanol–water partition coefficient (Wildman–Crippen LogP) is 0.910. The van der Waals surface area contributed by atoms with Crippen LogP contribution < -0.4 is 15.2 Å². The molecule has 8 nitrogen and oxygen atoms in total. The van der Waals surface area contributed by atoms with Gasteiger partial charge in [-0.3, -0.25) is 4.79 Å². The molecule has 1 heterocycles. The number of carbonyl (C=O) groups excluding carboxylic acids is 1. The third kappa shape index (κ3) is 4.53. The van der Waals surface area contributed by atoms with E-state index in [1.165, 1.54) is 24.6 Å². The van der Waals surface area contributed by atoms with Gasteiger partial charge in [0.1, 0.15) is 16.4 Å². The molecule has 0 radical (unpaired) electrons. The highest BCUT2D eigenvalue weighted by atomic mass is 32.2. The normalized spacial score (nSPS) is 17.5. The number of hydrogen-bond donors (Lipinski definition) is 1. The molecule has 1 aromatic rings. The SMILES string of the molecule is COc1ccc(OC)c(S(=O)(=O)N2CCN(C(=O)[C@@H](N)C(C)(C)C)CC2)c1. The predicted molar refractivity (Wildman–Crippen MR) is 102 cm³/mol. The van der Waals surface area contributed by atoms with Crippen molar-refractivity contribution in [3.8, 4) is 11.5 Å². The number of nitrogens with zero attached hydrogens (tertiary/aromatic N) is 2. The summed E-state index contributed by atoms with van der Waals surface area (Å²) in [6.07, 6.45) is 0. The minimum absolute atomic E-state index is 0.0514. The lowest BCUT2D eigenvalue weighted by Gasteiger charge is -2.37. The average molecular weight is 400 g/mol. The number of rotatable bonds is 5. The molecule has 152 valence electrons. The molecule has 2 rings (SSSR count). The fourth-order valence-corrected chi connectivity index (χ4v) is 4.43. The Bertz CT molecular complexity index is 781. The molecule has 27 heavy (non-hydrogen) atoms. The summed E-state index contributed by atoms with van der Waals surface area (Å²) in [6.45, 7) is 6.72. The standard InChI is InChI=1S/C18H29N3O5S/c1-18(2,3)16(19)17(22)20-8-10-21(11-9-20)27(23,24)15-12-13(25-4)6-7-14(15)26-5/h6-7,12,16H,8-11,19H2,1-5H3/t16-/m1/s1. The van der Waals surface area contributed by atoms with Gasteiger partial charge in [-0.2, -0.15) is 4.31 Å². The van der Waals surface area contributed by atoms with Crippen molar-refractivity contribution in [1.29, 1.82) is 0 Å². The first kappa shape index (κ1) is 21.5. The molecule has 9 heteroatoms. The van der Waals surface area contributed by atoms with Gasteiger partial charge >= 0.3 is 0 Å². The van der Waals surface area contributed by atoms with Gasteiger partial charge in [0.25, 0.3) is 0 Å². The molecule has 2 N–H and O–H groups in total. The fourth-order valence-electron chi connectivity index (χ4n) is 2.84. The summed E-state index contributed by atoms with van der Waals surface area (Å²) in [4.78, 5) is 14.2. The first-order chi connectivity index (χ1) is 12.5. The summed E-state index contributed by atoms with van der Waals surface area (Å²) >= 11 is 0. The highest BCUT2D eigenvalue weighted by molar-refractivity contribution is 7.89. The van der Waals surface area contributed by atoms with Crippen LogP contribution in [0.1, 0.15) is 20.8 Å². The highest BCUT2D eigenvalue weighted by Gasteiger charge is 2.36. The van der Waals surface area contributed by atoms with E-state index in [-0.39, 0.29) is 35.1 Å². The van der Waals surface area contributed by atoms with E-state index in [2.05, 4.69) is 0 Å². The van der Waals surface area contributed by atoms with Crippen molar-refractivity contribution < 1.29 is 22.7 Å². The monoisotopic (exact) mass is 399 g/mol. The van der Waals surface area contributed by atoms with Crippen LogP contribution in [0.3, 0.4) is 0 Å². The number of sulfonamides is 1. The smallest absolute Gasteiger partial charge is 0.247 e. The summed E-state index contributed by atoms with van der Waals surface area (Å²) in [5.74, 6) is 0.530. The number of carbonyl (C=O) groups is 1. The minimum Gasteiger partial charge on any atom is -0.497 e. The van der Waals surface area contributed by atoms with Gasteiger partial charge < -0.3 is 20.1 Å². The third-order valence-corrected chi connectivity index (χ3v) is 6.66. The molecule has 0 unspecified atom stereocenters. The van der Waals surface area contributed by atoms with E-state index in [4.69, 9.17) is 15.2 Å². The summed E-state index contributed by atoms with van der Waals surface area (Å²) in [5, 5.41) is 0. The number of piperazine rings is 1. The Hall–Kier alpha value is -1.84. The van der Waals surface area contributed by atoms with E-state index in [0.717, 1.165) is 0 Å². The molecule has 1 amide bonds. The fraction of sp³-hybridized carbons (Fsp3) is 0.611. The quantitative estimate of drug-likeness (QED) is 0.790. The van der Waals surface area contributed by atoms with Crippen LogP contribution in [-0.2, 0) is 14.8 Å². The Balaban J connectivity index is 2.17. The van der Waals surface area contributed by atoms with Gasteiger partial charge in [-0.1, -0.05) is 20.8 Å². The van der Waals surface area contributed by atoms with Gasteiger partial charge in [0.15, 0.2) is 0 Å². The molecule has 0 aliphatic carbocycles. The van der Waals surface area contributed by atoms with Gasteiger partial charge in [-0.05, 0) is 17.5 Å². The Morgan fingerprint density at radius 3 is 2.19 bits per heavy atom. The van der Waals surface area contributed by atoms with Gasteiger partial charge in [-0.25, -0.2) is 8.42 Å². The maximum atomic E-state index is 13.1. The lowest BCUT2D eigenvalue weighted by atomic mass is 9.86. The van der Waals surface area contributed by atoms with Crippen LogP contribution in [-0.4, -0.2) is 70.0 Å². The van der Waals surface area contributed by atoms with Crippen molar-refractivity contribution in [1.82, 2.24) is 9.21 Å². The second kappa shape index (κ2) is 8.04. The van der Waals surface area contributed by atoms with Crippen molar-refractivity contribution >= 4 is 15.9 Å². The Morgan fingerprint density at radius 2 is 1.70 bits per heavy atom. The van der Waals surface area contributed by atoms with Crippen molar-refractivity contribution in [2.24, 2.45) is 11.1 Å². The number of hydrogen-bond acceptors (Lipinski definition) is 6. The van der Waals surface area contributed by atoms with Gasteiger partial charge in [0, 0.05) is 32.2 Å². The van der Waals surface area contributed by atoms with Crippen LogP contribution >= 0.6 is 0 Å². The zero-order chi connectivity index (χ0) is 20.4. The maximum Gasteiger partial charge on any atom is 0.247 e. The average Bonchev–Trinajstić information content (AvgIpc) is 2.65. The lowest BCUT2D eigenvalue weighted by molar-refractivity contribution is -0.136. The first-order valence-electron chi connectivity index (χ1n) is 8.79. The van der Waals surface area contributed by atoms with Gasteiger partial charge in [-0.15, -0.1) is 0 Å². The second-order valence-corrected chi connectivity index (χ2v) is 9.50. The van der Waals surface area contributed by atoms with Crippen LogP contribution in [0.5, 0.6) is 11.5 Å². The van der Waals surface area contributed by atoms with E-state index in [9.17, 15) is 13.2 Å². The molecule has 1 saturated heterocycles. The number of nitrogens with two attached hydrogens (primary N) is 1. The largest absolute Gasteiger partial charge is 0.497 e. The summed E-state index contributed by atoms with van der Waals surface area (Å²) in [6, 6.07) is 4.02. The third-order valence-electron chi connectivity index (χ3n) is 4.74. The zero-order valence-corrected chi connectivity index (χ0v) is 17.4. The topological polar surface area (TPSA) is 102 Å². The Kier molecular flexibility index (Phi) is 6.39. The van der Waals surface area contributed by atoms with Crippen molar-refractivity contribution in [2.75, 3.05) is 40.4 Å². The van der Waals surface area contributed by atoms with Crippen LogP contribution in [0.4, 0.5) is 0 Å². The Morgan fingerprint density at radius 1 is 1.11 bits per heavy atom. The maximum absolute atomic E-state index is 13.1. The first-order valence-corrected chi connectivity index (χ1v) is 10.2. The molecule has 1 aromatic carbocycles. The molecule has 1 atom stereocenters. The lowest BCUT2D eigenvalue weighted by Crippen LogP contribution is -2.56. The highest BCUT2D eigenvalue weighted by Crippen LogP contribution is 2.31. The molecule has 0 spiro atoms. The second-order valence-electron chi connectivity index (χ2n) is 7.59. The number of ether oxygens (including phenoxy) is 2. The molecule has 0 aromatic heterocycles. The van der Waals surface area contributed by atoms with E-state index >= 15 is 0 Å². The van der Waals surface area contributed by atoms with E-state index in [1.807, 2.05) is 20.8 Å². The van der Waals surface area contributed by atoms with Crippen molar-refractivity contribution in [3.63, 3.8) is 0 Å². The molecular weight excluding hydrogens is 370 g/mol. The molecule has 0 bridgehead atoms. The molecule has 1 aliphatic heterocycles. The molecular formula is C18H29N3O5S. The van der Waals surface area contributed by atoms with Crippen LogP contribution in [0.25, 0.3) is 0 Å². The van der Waals surface area contributed by atoms with Gasteiger partial charge in [0.2, 0.25) is 15.9 Å². The van der Waals surface area contributed by atoms with Crippen LogP contribution in [0.2, 0.25) is 0 Å². The number of benzene rings is 1. The number of methoxy groups -OCH3 is 2. The van der Waals surface area contributed by atoms with Crippen LogP contribution in [0.15, 0.2) is 23.1 Å². The Labute approximate surface area is 161 Å². The van der Waals surface area contributed by atoms with Crippen molar-refractivity contribution in [3.05, 3.63) is 18.2 Å². The molecule has 1 aliphatic rings. The summed E-state index contributed by atoms with van der Waals surface area (Å²) in [7, 11) is -0.881. The van der Waals surface area contributed by atoms with E-state index in [0.29, 0.717) is 18.8 Å². The van der Waals surface area contributed by atoms with Crippen LogP contribution in [0, 0.1) is 5.41 Å². The van der Waals surface area contributed by atoms with E-state index < -0.39 is 16.1 Å².